The molecule has 0 atom stereocenters. The maximum absolute atomic E-state index is 14.3. The zero-order chi connectivity index (χ0) is 23.4. The number of amides is 1. The van der Waals surface area contributed by atoms with Crippen molar-refractivity contribution >= 4 is 23.0 Å². The molecular weight excluding hydrogens is 425 g/mol. The summed E-state index contributed by atoms with van der Waals surface area (Å²) in [4.78, 5) is 25.9. The van der Waals surface area contributed by atoms with Crippen molar-refractivity contribution in [1.29, 1.82) is 0 Å². The molecule has 1 saturated heterocycles. The number of hydrogen-bond acceptors (Lipinski definition) is 4. The van der Waals surface area contributed by atoms with Gasteiger partial charge in [0.2, 0.25) is 0 Å². The fourth-order valence-electron chi connectivity index (χ4n) is 4.49. The number of carboxylic acids is 1. The van der Waals surface area contributed by atoms with Crippen LogP contribution in [0.25, 0.3) is 10.9 Å². The SMILES string of the molecule is CCOC(=O)N1CCC(NCc2c(C(=O)O)n(Cc3ccccc3F)c3ccccc23)CC1. The Morgan fingerprint density at radius 1 is 1.12 bits per heavy atom. The van der Waals surface area contributed by atoms with E-state index >= 15 is 0 Å². The molecule has 2 N–H and O–H groups in total. The number of carboxylic acid groups (broad SMARTS) is 1. The highest BCUT2D eigenvalue weighted by atomic mass is 19.1. The maximum Gasteiger partial charge on any atom is 0.409 e. The number of halogens is 1. The van der Waals surface area contributed by atoms with E-state index < -0.39 is 5.97 Å². The molecule has 1 fully saturated rings. The minimum absolute atomic E-state index is 0.132. The average molecular weight is 454 g/mol. The molecule has 4 rings (SSSR count). The summed E-state index contributed by atoms with van der Waals surface area (Å²) in [6.45, 7) is 3.83. The highest BCUT2D eigenvalue weighted by molar-refractivity contribution is 5.98. The summed E-state index contributed by atoms with van der Waals surface area (Å²) < 4.78 is 21.1. The number of nitrogens with one attached hydrogen (secondary N) is 1. The smallest absolute Gasteiger partial charge is 0.409 e. The molecule has 0 aliphatic carbocycles. The number of likely N-dealkylation sites (tertiary alicyclic amines) is 1. The Labute approximate surface area is 191 Å². The number of para-hydroxylation sites is 1. The van der Waals surface area contributed by atoms with Gasteiger partial charge in [-0.25, -0.2) is 14.0 Å². The van der Waals surface area contributed by atoms with Crippen LogP contribution in [0.15, 0.2) is 48.5 Å². The van der Waals surface area contributed by atoms with Crippen LogP contribution in [0.3, 0.4) is 0 Å². The van der Waals surface area contributed by atoms with Crippen molar-refractivity contribution in [2.75, 3.05) is 19.7 Å². The van der Waals surface area contributed by atoms with Gasteiger partial charge in [0.25, 0.3) is 0 Å². The first-order valence-corrected chi connectivity index (χ1v) is 11.2. The van der Waals surface area contributed by atoms with Gasteiger partial charge in [-0.2, -0.15) is 0 Å². The largest absolute Gasteiger partial charge is 0.477 e. The van der Waals surface area contributed by atoms with E-state index in [1.807, 2.05) is 24.3 Å². The van der Waals surface area contributed by atoms with Crippen molar-refractivity contribution < 1.29 is 23.8 Å². The minimum atomic E-state index is -1.04. The molecule has 33 heavy (non-hydrogen) atoms. The molecule has 3 aromatic rings. The lowest BCUT2D eigenvalue weighted by molar-refractivity contribution is 0.0683. The normalized spacial score (nSPS) is 14.5. The fraction of sp³-hybridized carbons (Fsp3) is 0.360. The topological polar surface area (TPSA) is 83.8 Å². The summed E-state index contributed by atoms with van der Waals surface area (Å²) in [5, 5.41) is 14.4. The predicted molar refractivity (Wildman–Crippen MR) is 123 cm³/mol. The van der Waals surface area contributed by atoms with Crippen LogP contribution in [-0.4, -0.2) is 52.4 Å². The van der Waals surface area contributed by atoms with Gasteiger partial charge in [-0.05, 0) is 31.9 Å². The molecule has 8 heteroatoms. The second kappa shape index (κ2) is 10.0. The van der Waals surface area contributed by atoms with Gasteiger partial charge in [0.1, 0.15) is 11.5 Å². The van der Waals surface area contributed by atoms with Crippen LogP contribution >= 0.6 is 0 Å². The van der Waals surface area contributed by atoms with Crippen molar-refractivity contribution in [1.82, 2.24) is 14.8 Å². The number of carbonyl (C=O) groups is 2. The summed E-state index contributed by atoms with van der Waals surface area (Å²) in [6, 6.07) is 14.1. The van der Waals surface area contributed by atoms with Crippen LogP contribution in [0.1, 0.15) is 41.4 Å². The summed E-state index contributed by atoms with van der Waals surface area (Å²) >= 11 is 0. The molecule has 0 radical (unpaired) electrons. The Kier molecular flexibility index (Phi) is 6.93. The quantitative estimate of drug-likeness (QED) is 0.559. The number of piperidine rings is 1. The van der Waals surface area contributed by atoms with E-state index in [9.17, 15) is 19.1 Å². The molecule has 2 aromatic carbocycles. The van der Waals surface area contributed by atoms with Gasteiger partial charge >= 0.3 is 12.1 Å². The van der Waals surface area contributed by atoms with Crippen LogP contribution in [0.4, 0.5) is 9.18 Å². The number of aromatic carboxylic acids is 1. The zero-order valence-corrected chi connectivity index (χ0v) is 18.6. The van der Waals surface area contributed by atoms with Crippen molar-refractivity contribution in [2.24, 2.45) is 0 Å². The number of rotatable bonds is 7. The van der Waals surface area contributed by atoms with Gasteiger partial charge in [0, 0.05) is 47.7 Å². The molecule has 0 saturated carbocycles. The lowest BCUT2D eigenvalue weighted by Gasteiger charge is -2.31. The number of hydrogen-bond donors (Lipinski definition) is 2. The summed E-state index contributed by atoms with van der Waals surface area (Å²) in [7, 11) is 0. The third kappa shape index (κ3) is 4.85. The Morgan fingerprint density at radius 3 is 2.52 bits per heavy atom. The molecule has 0 spiro atoms. The van der Waals surface area contributed by atoms with Gasteiger partial charge < -0.3 is 24.6 Å². The number of nitrogens with zero attached hydrogens (tertiary/aromatic N) is 2. The number of carbonyl (C=O) groups excluding carboxylic acids is 1. The van der Waals surface area contributed by atoms with Crippen LogP contribution in [0.5, 0.6) is 0 Å². The molecule has 0 bridgehead atoms. The maximum atomic E-state index is 14.3. The highest BCUT2D eigenvalue weighted by Crippen LogP contribution is 2.28. The summed E-state index contributed by atoms with van der Waals surface area (Å²) in [5.74, 6) is -1.41. The average Bonchev–Trinajstić information content (AvgIpc) is 3.13. The first-order valence-electron chi connectivity index (χ1n) is 11.2. The Bertz CT molecular complexity index is 1150. The van der Waals surface area contributed by atoms with Crippen LogP contribution in [0, 0.1) is 5.82 Å². The Morgan fingerprint density at radius 2 is 1.82 bits per heavy atom. The third-order valence-electron chi connectivity index (χ3n) is 6.15. The van der Waals surface area contributed by atoms with Crippen molar-refractivity contribution in [3.8, 4) is 0 Å². The van der Waals surface area contributed by atoms with Crippen molar-refractivity contribution in [2.45, 2.75) is 38.9 Å². The summed E-state index contributed by atoms with van der Waals surface area (Å²) in [5.41, 5.74) is 2.04. The van der Waals surface area contributed by atoms with E-state index in [1.54, 1.807) is 34.6 Å². The third-order valence-corrected chi connectivity index (χ3v) is 6.15. The lowest BCUT2D eigenvalue weighted by Crippen LogP contribution is -2.45. The van der Waals surface area contributed by atoms with Crippen molar-refractivity contribution in [3.63, 3.8) is 0 Å². The van der Waals surface area contributed by atoms with Crippen LogP contribution < -0.4 is 5.32 Å². The monoisotopic (exact) mass is 453 g/mol. The first-order chi connectivity index (χ1) is 16.0. The van der Waals surface area contributed by atoms with Gasteiger partial charge in [-0.3, -0.25) is 0 Å². The molecule has 2 heterocycles. The fourth-order valence-corrected chi connectivity index (χ4v) is 4.49. The lowest BCUT2D eigenvalue weighted by atomic mass is 10.0. The Hall–Kier alpha value is -3.39. The van der Waals surface area contributed by atoms with E-state index in [2.05, 4.69) is 5.32 Å². The molecule has 1 aromatic heterocycles. The first kappa shape index (κ1) is 22.8. The Balaban J connectivity index is 1.57. The molecule has 0 unspecified atom stereocenters. The second-order valence-corrected chi connectivity index (χ2v) is 8.17. The molecule has 1 amide bonds. The van der Waals surface area contributed by atoms with E-state index in [0.29, 0.717) is 37.4 Å². The van der Waals surface area contributed by atoms with Crippen molar-refractivity contribution in [3.05, 3.63) is 71.2 Å². The second-order valence-electron chi connectivity index (χ2n) is 8.17. The highest BCUT2D eigenvalue weighted by Gasteiger charge is 2.26. The molecule has 1 aliphatic heterocycles. The van der Waals surface area contributed by atoms with E-state index in [1.165, 1.54) is 6.07 Å². The van der Waals surface area contributed by atoms with Gasteiger partial charge in [0.05, 0.1) is 13.2 Å². The van der Waals surface area contributed by atoms with Gasteiger partial charge in [0.15, 0.2) is 0 Å². The number of benzene rings is 2. The van der Waals surface area contributed by atoms with E-state index in [0.717, 1.165) is 23.7 Å². The van der Waals surface area contributed by atoms with E-state index in [-0.39, 0.29) is 30.2 Å². The molecule has 7 nitrogen and oxygen atoms in total. The minimum Gasteiger partial charge on any atom is -0.477 e. The van der Waals surface area contributed by atoms with Crippen LogP contribution in [0.2, 0.25) is 0 Å². The molecular formula is C25H28FN3O4. The zero-order valence-electron chi connectivity index (χ0n) is 18.6. The predicted octanol–water partition coefficient (Wildman–Crippen LogP) is 4.24. The molecule has 174 valence electrons. The number of fused-ring (bicyclic) bond motifs is 1. The number of ether oxygens (including phenoxy) is 1. The van der Waals surface area contributed by atoms with E-state index in [4.69, 9.17) is 4.74 Å². The standard InChI is InChI=1S/C25H28FN3O4/c1-2-33-25(32)28-13-11-18(12-14-28)27-15-20-19-8-4-6-10-22(19)29(23(20)24(30)31)16-17-7-3-5-9-21(17)26/h3-10,18,27H,2,11-16H2,1H3,(H,30,31). The number of aromatic nitrogens is 1. The molecule has 1 aliphatic rings. The van der Waals surface area contributed by atoms with Gasteiger partial charge in [-0.15, -0.1) is 0 Å². The van der Waals surface area contributed by atoms with Crippen LogP contribution in [-0.2, 0) is 17.8 Å². The van der Waals surface area contributed by atoms with Gasteiger partial charge in [-0.1, -0.05) is 36.4 Å². The summed E-state index contributed by atoms with van der Waals surface area (Å²) in [6.07, 6.45) is 1.23.